The Kier molecular flexibility index (Phi) is 6.15. The molecule has 112 valence electrons. The molecule has 1 heterocycles. The predicted molar refractivity (Wildman–Crippen MR) is 79.5 cm³/mol. The van der Waals surface area contributed by atoms with Crippen LogP contribution < -0.4 is 14.8 Å². The van der Waals surface area contributed by atoms with E-state index in [1.807, 2.05) is 12.1 Å². The Hall–Kier alpha value is -1.26. The van der Waals surface area contributed by atoms with E-state index in [4.69, 9.17) is 14.2 Å². The molecule has 1 N–H and O–H groups in total. The molecular weight excluding hydrogens is 254 g/mol. The number of ether oxygens (including phenoxy) is 3. The molecule has 1 aromatic rings. The second-order valence-corrected chi connectivity index (χ2v) is 5.10. The van der Waals surface area contributed by atoms with E-state index in [9.17, 15) is 0 Å². The Balaban J connectivity index is 1.84. The SMILES string of the molecule is CCCOc1ccc(CNC[C@H]2CCCO2)cc1OC. The van der Waals surface area contributed by atoms with Gasteiger partial charge in [0, 0.05) is 19.7 Å². The third-order valence-electron chi connectivity index (χ3n) is 3.41. The maximum Gasteiger partial charge on any atom is 0.161 e. The molecule has 4 nitrogen and oxygen atoms in total. The van der Waals surface area contributed by atoms with Gasteiger partial charge in [0.2, 0.25) is 0 Å². The average Bonchev–Trinajstić information content (AvgIpc) is 2.99. The highest BCUT2D eigenvalue weighted by Gasteiger charge is 2.14. The summed E-state index contributed by atoms with van der Waals surface area (Å²) in [5.41, 5.74) is 1.20. The Morgan fingerprint density at radius 2 is 2.25 bits per heavy atom. The number of hydrogen-bond donors (Lipinski definition) is 1. The third-order valence-corrected chi connectivity index (χ3v) is 3.41. The van der Waals surface area contributed by atoms with Gasteiger partial charge in [0.1, 0.15) is 0 Å². The van der Waals surface area contributed by atoms with Crippen LogP contribution >= 0.6 is 0 Å². The molecule has 1 fully saturated rings. The average molecular weight is 279 g/mol. The van der Waals surface area contributed by atoms with E-state index >= 15 is 0 Å². The molecule has 1 atom stereocenters. The number of nitrogens with one attached hydrogen (secondary N) is 1. The van der Waals surface area contributed by atoms with E-state index in [1.54, 1.807) is 7.11 Å². The topological polar surface area (TPSA) is 39.7 Å². The van der Waals surface area contributed by atoms with Crippen LogP contribution in [0.25, 0.3) is 0 Å². The first-order valence-electron chi connectivity index (χ1n) is 7.45. The maximum atomic E-state index is 5.65. The molecule has 0 aliphatic carbocycles. The van der Waals surface area contributed by atoms with Crippen molar-refractivity contribution in [1.29, 1.82) is 0 Å². The summed E-state index contributed by atoms with van der Waals surface area (Å²) < 4.78 is 16.6. The van der Waals surface area contributed by atoms with Gasteiger partial charge in [-0.15, -0.1) is 0 Å². The van der Waals surface area contributed by atoms with Crippen molar-refractivity contribution in [2.45, 2.75) is 38.8 Å². The molecule has 1 aromatic carbocycles. The lowest BCUT2D eigenvalue weighted by Crippen LogP contribution is -2.25. The van der Waals surface area contributed by atoms with Gasteiger partial charge in [-0.05, 0) is 37.0 Å². The molecule has 1 saturated heterocycles. The van der Waals surface area contributed by atoms with Crippen LogP contribution in [0.5, 0.6) is 11.5 Å². The largest absolute Gasteiger partial charge is 0.493 e. The van der Waals surface area contributed by atoms with Crippen molar-refractivity contribution in [2.24, 2.45) is 0 Å². The molecule has 0 saturated carbocycles. The minimum Gasteiger partial charge on any atom is -0.493 e. The first kappa shape index (κ1) is 15.1. The molecule has 1 aliphatic heterocycles. The first-order chi connectivity index (χ1) is 9.83. The minimum absolute atomic E-state index is 0.379. The summed E-state index contributed by atoms with van der Waals surface area (Å²) in [6, 6.07) is 6.10. The summed E-state index contributed by atoms with van der Waals surface area (Å²) in [5.74, 6) is 1.62. The van der Waals surface area contributed by atoms with Crippen LogP contribution in [-0.4, -0.2) is 33.0 Å². The molecule has 0 unspecified atom stereocenters. The monoisotopic (exact) mass is 279 g/mol. The fourth-order valence-corrected chi connectivity index (χ4v) is 2.34. The zero-order chi connectivity index (χ0) is 14.2. The molecule has 20 heavy (non-hydrogen) atoms. The van der Waals surface area contributed by atoms with Crippen molar-refractivity contribution in [3.8, 4) is 11.5 Å². The molecule has 2 rings (SSSR count). The van der Waals surface area contributed by atoms with Gasteiger partial charge in [-0.2, -0.15) is 0 Å². The van der Waals surface area contributed by atoms with Crippen molar-refractivity contribution in [3.05, 3.63) is 23.8 Å². The lowest BCUT2D eigenvalue weighted by atomic mass is 10.2. The summed E-state index contributed by atoms with van der Waals surface area (Å²) in [6.45, 7) is 5.45. The van der Waals surface area contributed by atoms with E-state index < -0.39 is 0 Å². The van der Waals surface area contributed by atoms with Gasteiger partial charge in [0.15, 0.2) is 11.5 Å². The van der Waals surface area contributed by atoms with Crippen molar-refractivity contribution in [1.82, 2.24) is 5.32 Å². The quantitative estimate of drug-likeness (QED) is 0.794. The Morgan fingerprint density at radius 3 is 2.95 bits per heavy atom. The van der Waals surface area contributed by atoms with Gasteiger partial charge in [-0.25, -0.2) is 0 Å². The number of methoxy groups -OCH3 is 1. The van der Waals surface area contributed by atoms with Crippen LogP contribution in [-0.2, 0) is 11.3 Å². The summed E-state index contributed by atoms with van der Waals surface area (Å²) in [4.78, 5) is 0. The number of hydrogen-bond acceptors (Lipinski definition) is 4. The molecule has 0 bridgehead atoms. The number of benzene rings is 1. The van der Waals surface area contributed by atoms with E-state index in [-0.39, 0.29) is 0 Å². The van der Waals surface area contributed by atoms with Gasteiger partial charge in [0.25, 0.3) is 0 Å². The molecule has 0 spiro atoms. The van der Waals surface area contributed by atoms with Gasteiger partial charge < -0.3 is 19.5 Å². The van der Waals surface area contributed by atoms with Crippen molar-refractivity contribution in [2.75, 3.05) is 26.9 Å². The smallest absolute Gasteiger partial charge is 0.161 e. The third kappa shape index (κ3) is 4.39. The molecule has 0 radical (unpaired) electrons. The summed E-state index contributed by atoms with van der Waals surface area (Å²) in [5, 5.41) is 3.44. The molecule has 1 aliphatic rings. The summed E-state index contributed by atoms with van der Waals surface area (Å²) in [7, 11) is 1.68. The van der Waals surface area contributed by atoms with E-state index in [0.717, 1.165) is 37.6 Å². The second kappa shape index (κ2) is 8.12. The Bertz CT molecular complexity index is 403. The van der Waals surface area contributed by atoms with Crippen LogP contribution in [0.15, 0.2) is 18.2 Å². The highest BCUT2D eigenvalue weighted by Crippen LogP contribution is 2.28. The normalized spacial score (nSPS) is 18.2. The molecular formula is C16H25NO3. The van der Waals surface area contributed by atoms with Crippen LogP contribution in [0.1, 0.15) is 31.7 Å². The van der Waals surface area contributed by atoms with E-state index in [0.29, 0.717) is 12.7 Å². The van der Waals surface area contributed by atoms with Crippen LogP contribution in [0.4, 0.5) is 0 Å². The highest BCUT2D eigenvalue weighted by atomic mass is 16.5. The lowest BCUT2D eigenvalue weighted by Gasteiger charge is -2.13. The maximum absolute atomic E-state index is 5.65. The molecule has 0 aromatic heterocycles. The highest BCUT2D eigenvalue weighted by molar-refractivity contribution is 5.42. The van der Waals surface area contributed by atoms with Crippen molar-refractivity contribution >= 4 is 0 Å². The zero-order valence-corrected chi connectivity index (χ0v) is 12.5. The van der Waals surface area contributed by atoms with E-state index in [1.165, 1.54) is 18.4 Å². The lowest BCUT2D eigenvalue weighted by molar-refractivity contribution is 0.110. The summed E-state index contributed by atoms with van der Waals surface area (Å²) in [6.07, 6.45) is 3.72. The first-order valence-corrected chi connectivity index (χ1v) is 7.45. The standard InChI is InChI=1S/C16H25NO3/c1-3-8-20-15-7-6-13(10-16(15)18-2)11-17-12-14-5-4-9-19-14/h6-7,10,14,17H,3-5,8-9,11-12H2,1-2H3/t14-/m1/s1. The zero-order valence-electron chi connectivity index (χ0n) is 12.5. The second-order valence-electron chi connectivity index (χ2n) is 5.10. The fraction of sp³-hybridized carbons (Fsp3) is 0.625. The Morgan fingerprint density at radius 1 is 1.35 bits per heavy atom. The van der Waals surface area contributed by atoms with Gasteiger partial charge in [-0.3, -0.25) is 0 Å². The molecule has 0 amide bonds. The summed E-state index contributed by atoms with van der Waals surface area (Å²) >= 11 is 0. The van der Waals surface area contributed by atoms with Crippen molar-refractivity contribution in [3.63, 3.8) is 0 Å². The molecule has 4 heteroatoms. The van der Waals surface area contributed by atoms with Gasteiger partial charge in [0.05, 0.1) is 19.8 Å². The van der Waals surface area contributed by atoms with Gasteiger partial charge >= 0.3 is 0 Å². The predicted octanol–water partition coefficient (Wildman–Crippen LogP) is 2.75. The van der Waals surface area contributed by atoms with Crippen LogP contribution in [0.2, 0.25) is 0 Å². The fourth-order valence-electron chi connectivity index (χ4n) is 2.34. The van der Waals surface area contributed by atoms with Crippen LogP contribution in [0.3, 0.4) is 0 Å². The van der Waals surface area contributed by atoms with Crippen LogP contribution in [0, 0.1) is 0 Å². The van der Waals surface area contributed by atoms with E-state index in [2.05, 4.69) is 18.3 Å². The minimum atomic E-state index is 0.379. The van der Waals surface area contributed by atoms with Crippen molar-refractivity contribution < 1.29 is 14.2 Å². The Labute approximate surface area is 121 Å². The number of rotatable bonds is 8. The van der Waals surface area contributed by atoms with Gasteiger partial charge in [-0.1, -0.05) is 13.0 Å².